The Balaban J connectivity index is 2.23. The van der Waals surface area contributed by atoms with Crippen LogP contribution in [-0.2, 0) is 0 Å². The summed E-state index contributed by atoms with van der Waals surface area (Å²) in [5.41, 5.74) is 3.28. The van der Waals surface area contributed by atoms with Crippen molar-refractivity contribution in [3.63, 3.8) is 0 Å². The molecule has 2 rings (SSSR count). The number of hydrogen-bond donors (Lipinski definition) is 1. The SMILES string of the molecule is CCC(C)Nc1ccc(-n2cnnn2)c(C)c1. The first-order valence-electron chi connectivity index (χ1n) is 5.81. The van der Waals surface area contributed by atoms with Gasteiger partial charge in [-0.2, -0.15) is 0 Å². The van der Waals surface area contributed by atoms with Gasteiger partial charge in [0, 0.05) is 11.7 Å². The molecule has 0 aliphatic rings. The molecular weight excluding hydrogens is 214 g/mol. The van der Waals surface area contributed by atoms with Crippen LogP contribution < -0.4 is 5.32 Å². The molecule has 0 fully saturated rings. The van der Waals surface area contributed by atoms with Crippen LogP contribution in [0.2, 0.25) is 0 Å². The van der Waals surface area contributed by atoms with Gasteiger partial charge in [0.15, 0.2) is 0 Å². The largest absolute Gasteiger partial charge is 0.383 e. The molecule has 90 valence electrons. The Morgan fingerprint density at radius 1 is 1.41 bits per heavy atom. The van der Waals surface area contributed by atoms with E-state index < -0.39 is 0 Å². The summed E-state index contributed by atoms with van der Waals surface area (Å²) in [5.74, 6) is 0. The van der Waals surface area contributed by atoms with E-state index in [1.54, 1.807) is 11.0 Å². The molecule has 0 amide bonds. The van der Waals surface area contributed by atoms with Gasteiger partial charge in [0.25, 0.3) is 0 Å². The fourth-order valence-electron chi connectivity index (χ4n) is 1.66. The highest BCUT2D eigenvalue weighted by atomic mass is 15.5. The van der Waals surface area contributed by atoms with Crippen molar-refractivity contribution in [3.05, 3.63) is 30.1 Å². The Hall–Kier alpha value is -1.91. The third-order valence-corrected chi connectivity index (χ3v) is 2.82. The van der Waals surface area contributed by atoms with Crippen LogP contribution in [0.25, 0.3) is 5.69 Å². The smallest absolute Gasteiger partial charge is 0.143 e. The van der Waals surface area contributed by atoms with Crippen LogP contribution in [0.4, 0.5) is 5.69 Å². The Bertz CT molecular complexity index is 478. The van der Waals surface area contributed by atoms with Crippen molar-refractivity contribution in [3.8, 4) is 5.69 Å². The van der Waals surface area contributed by atoms with Crippen LogP contribution in [0.15, 0.2) is 24.5 Å². The Morgan fingerprint density at radius 2 is 2.24 bits per heavy atom. The van der Waals surface area contributed by atoms with Gasteiger partial charge in [-0.1, -0.05) is 6.92 Å². The summed E-state index contributed by atoms with van der Waals surface area (Å²) in [6.07, 6.45) is 2.71. The molecule has 1 unspecified atom stereocenters. The fourth-order valence-corrected chi connectivity index (χ4v) is 1.66. The van der Waals surface area contributed by atoms with E-state index in [9.17, 15) is 0 Å². The minimum atomic E-state index is 0.480. The maximum absolute atomic E-state index is 3.89. The monoisotopic (exact) mass is 231 g/mol. The van der Waals surface area contributed by atoms with E-state index in [2.05, 4.69) is 53.7 Å². The quantitative estimate of drug-likeness (QED) is 0.876. The molecule has 0 bridgehead atoms. The topological polar surface area (TPSA) is 55.6 Å². The lowest BCUT2D eigenvalue weighted by atomic mass is 10.1. The molecule has 1 heterocycles. The lowest BCUT2D eigenvalue weighted by Gasteiger charge is -2.14. The van der Waals surface area contributed by atoms with E-state index in [4.69, 9.17) is 0 Å². The number of benzene rings is 1. The number of nitrogens with zero attached hydrogens (tertiary/aromatic N) is 4. The highest BCUT2D eigenvalue weighted by Gasteiger charge is 2.05. The van der Waals surface area contributed by atoms with Crippen LogP contribution in [0.1, 0.15) is 25.8 Å². The molecule has 1 aromatic carbocycles. The summed E-state index contributed by atoms with van der Waals surface area (Å²) in [7, 11) is 0. The van der Waals surface area contributed by atoms with Crippen molar-refractivity contribution in [1.29, 1.82) is 0 Å². The lowest BCUT2D eigenvalue weighted by molar-refractivity contribution is 0.762. The zero-order chi connectivity index (χ0) is 12.3. The molecule has 1 N–H and O–H groups in total. The van der Waals surface area contributed by atoms with Crippen molar-refractivity contribution < 1.29 is 0 Å². The summed E-state index contributed by atoms with van der Waals surface area (Å²) in [4.78, 5) is 0. The first-order valence-corrected chi connectivity index (χ1v) is 5.81. The zero-order valence-electron chi connectivity index (χ0n) is 10.4. The van der Waals surface area contributed by atoms with Crippen molar-refractivity contribution in [2.45, 2.75) is 33.2 Å². The normalized spacial score (nSPS) is 12.4. The molecule has 17 heavy (non-hydrogen) atoms. The summed E-state index contributed by atoms with van der Waals surface area (Å²) in [6, 6.07) is 6.67. The molecule has 0 aliphatic carbocycles. The van der Waals surface area contributed by atoms with E-state index in [1.165, 1.54) is 0 Å². The summed E-state index contributed by atoms with van der Waals surface area (Å²) in [5, 5.41) is 14.6. The molecular formula is C12H17N5. The average molecular weight is 231 g/mol. The Kier molecular flexibility index (Phi) is 3.37. The molecule has 2 aromatic rings. The maximum Gasteiger partial charge on any atom is 0.143 e. The molecule has 5 nitrogen and oxygen atoms in total. The number of nitrogens with one attached hydrogen (secondary N) is 1. The first kappa shape index (κ1) is 11.6. The second-order valence-corrected chi connectivity index (χ2v) is 4.21. The van der Waals surface area contributed by atoms with Gasteiger partial charge in [0.2, 0.25) is 0 Å². The molecule has 0 spiro atoms. The molecule has 0 saturated carbocycles. The Labute approximate surface area is 101 Å². The summed E-state index contributed by atoms with van der Waals surface area (Å²) in [6.45, 7) is 6.39. The minimum Gasteiger partial charge on any atom is -0.383 e. The van der Waals surface area contributed by atoms with Gasteiger partial charge in [-0.15, -0.1) is 5.10 Å². The van der Waals surface area contributed by atoms with Crippen LogP contribution >= 0.6 is 0 Å². The molecule has 0 radical (unpaired) electrons. The minimum absolute atomic E-state index is 0.480. The van der Waals surface area contributed by atoms with Crippen LogP contribution in [0, 0.1) is 6.92 Å². The highest BCUT2D eigenvalue weighted by molar-refractivity contribution is 5.53. The van der Waals surface area contributed by atoms with E-state index >= 15 is 0 Å². The number of rotatable bonds is 4. The predicted molar refractivity (Wildman–Crippen MR) is 67.3 cm³/mol. The standard InChI is InChI=1S/C12H17N5/c1-4-10(3)14-11-5-6-12(9(2)7-11)17-8-13-15-16-17/h5-8,10,14H,4H2,1-3H3. The van der Waals surface area contributed by atoms with Gasteiger partial charge >= 0.3 is 0 Å². The molecule has 0 saturated heterocycles. The van der Waals surface area contributed by atoms with E-state index in [-0.39, 0.29) is 0 Å². The number of tetrazole rings is 1. The predicted octanol–water partition coefficient (Wildman–Crippen LogP) is 2.18. The van der Waals surface area contributed by atoms with Crippen LogP contribution in [0.5, 0.6) is 0 Å². The van der Waals surface area contributed by atoms with Gasteiger partial charge in [-0.05, 0) is 54.5 Å². The highest BCUT2D eigenvalue weighted by Crippen LogP contribution is 2.18. The van der Waals surface area contributed by atoms with Gasteiger partial charge in [0.05, 0.1) is 5.69 Å². The first-order chi connectivity index (χ1) is 8.20. The molecule has 1 aromatic heterocycles. The third kappa shape index (κ3) is 2.61. The van der Waals surface area contributed by atoms with Crippen molar-refractivity contribution in [1.82, 2.24) is 20.2 Å². The zero-order valence-corrected chi connectivity index (χ0v) is 10.4. The Morgan fingerprint density at radius 3 is 2.82 bits per heavy atom. The van der Waals surface area contributed by atoms with Gasteiger partial charge in [-0.25, -0.2) is 4.68 Å². The van der Waals surface area contributed by atoms with Crippen molar-refractivity contribution in [2.75, 3.05) is 5.32 Å². The third-order valence-electron chi connectivity index (χ3n) is 2.82. The van der Waals surface area contributed by atoms with Gasteiger partial charge in [-0.3, -0.25) is 0 Å². The second-order valence-electron chi connectivity index (χ2n) is 4.21. The number of aromatic nitrogens is 4. The fraction of sp³-hybridized carbons (Fsp3) is 0.417. The molecule has 0 aliphatic heterocycles. The van der Waals surface area contributed by atoms with Gasteiger partial charge in [0.1, 0.15) is 6.33 Å². The van der Waals surface area contributed by atoms with E-state index in [0.717, 1.165) is 23.4 Å². The van der Waals surface area contributed by atoms with Crippen LogP contribution in [-0.4, -0.2) is 26.2 Å². The molecule has 1 atom stereocenters. The summed E-state index contributed by atoms with van der Waals surface area (Å²) >= 11 is 0. The van der Waals surface area contributed by atoms with E-state index in [1.807, 2.05) is 6.07 Å². The lowest BCUT2D eigenvalue weighted by Crippen LogP contribution is -2.13. The van der Waals surface area contributed by atoms with Gasteiger partial charge < -0.3 is 5.32 Å². The number of aryl methyl sites for hydroxylation is 1. The second kappa shape index (κ2) is 4.95. The van der Waals surface area contributed by atoms with Crippen molar-refractivity contribution >= 4 is 5.69 Å². The molecule has 5 heteroatoms. The van der Waals surface area contributed by atoms with Crippen molar-refractivity contribution in [2.24, 2.45) is 0 Å². The number of anilines is 1. The number of hydrogen-bond acceptors (Lipinski definition) is 4. The maximum atomic E-state index is 3.89. The summed E-state index contributed by atoms with van der Waals surface area (Å²) < 4.78 is 1.67. The van der Waals surface area contributed by atoms with Crippen LogP contribution in [0.3, 0.4) is 0 Å². The van der Waals surface area contributed by atoms with E-state index in [0.29, 0.717) is 6.04 Å². The average Bonchev–Trinajstić information content (AvgIpc) is 2.82.